The maximum absolute atomic E-state index is 14.1. The average molecular weight is 409 g/mol. The van der Waals surface area contributed by atoms with Crippen LogP contribution in [0.15, 0.2) is 18.2 Å². The van der Waals surface area contributed by atoms with Crippen LogP contribution in [0.1, 0.15) is 45.1 Å². The quantitative estimate of drug-likeness (QED) is 0.777. The number of hydrogen-bond donors (Lipinski definition) is 1. The summed E-state index contributed by atoms with van der Waals surface area (Å²) in [6.07, 6.45) is 3.67. The maximum atomic E-state index is 14.1. The van der Waals surface area contributed by atoms with E-state index in [-0.39, 0.29) is 29.5 Å². The zero-order valence-corrected chi connectivity index (χ0v) is 17.7. The first-order chi connectivity index (χ1) is 13.9. The van der Waals surface area contributed by atoms with Crippen molar-refractivity contribution in [3.8, 4) is 5.75 Å². The van der Waals surface area contributed by atoms with Gasteiger partial charge in [0.05, 0.1) is 25.9 Å². The first-order valence-electron chi connectivity index (χ1n) is 10.5. The van der Waals surface area contributed by atoms with Crippen molar-refractivity contribution in [1.29, 1.82) is 0 Å². The van der Waals surface area contributed by atoms with Crippen LogP contribution in [0.2, 0.25) is 0 Å². The molecular formula is C22H33FN2O4. The van der Waals surface area contributed by atoms with Gasteiger partial charge >= 0.3 is 6.09 Å². The van der Waals surface area contributed by atoms with Crippen molar-refractivity contribution >= 4 is 6.09 Å². The van der Waals surface area contributed by atoms with Gasteiger partial charge in [-0.25, -0.2) is 9.18 Å². The minimum atomic E-state index is -0.387. The Bertz CT molecular complexity index is 679. The van der Waals surface area contributed by atoms with E-state index in [1.165, 1.54) is 6.07 Å². The number of carbonyl (C=O) groups excluding carboxylic acids is 1. The molecule has 1 N–H and O–H groups in total. The summed E-state index contributed by atoms with van der Waals surface area (Å²) in [6, 6.07) is 4.90. The van der Waals surface area contributed by atoms with Gasteiger partial charge in [0.2, 0.25) is 0 Å². The Kier molecular flexibility index (Phi) is 7.35. The largest absolute Gasteiger partial charge is 0.497 e. The molecule has 1 aromatic rings. The molecule has 2 heterocycles. The Labute approximate surface area is 172 Å². The molecule has 7 heteroatoms. The number of ether oxygens (including phenoxy) is 3. The molecule has 3 rings (SSSR count). The number of nitrogens with zero attached hydrogens (tertiary/aromatic N) is 1. The predicted molar refractivity (Wildman–Crippen MR) is 108 cm³/mol. The fourth-order valence-electron chi connectivity index (χ4n) is 4.15. The molecule has 1 spiro atoms. The van der Waals surface area contributed by atoms with E-state index >= 15 is 0 Å². The Morgan fingerprint density at radius 1 is 1.34 bits per heavy atom. The van der Waals surface area contributed by atoms with Gasteiger partial charge in [-0.1, -0.05) is 0 Å². The van der Waals surface area contributed by atoms with Gasteiger partial charge in [0.15, 0.2) is 0 Å². The molecule has 1 amide bonds. The number of nitrogens with one attached hydrogen (secondary N) is 1. The summed E-state index contributed by atoms with van der Waals surface area (Å²) in [5.41, 5.74) is 0.887. The van der Waals surface area contributed by atoms with Crippen LogP contribution in [-0.4, -0.2) is 56.6 Å². The molecule has 2 fully saturated rings. The number of amides is 1. The normalized spacial score (nSPS) is 21.9. The van der Waals surface area contributed by atoms with E-state index in [2.05, 4.69) is 10.2 Å². The molecule has 29 heavy (non-hydrogen) atoms. The summed E-state index contributed by atoms with van der Waals surface area (Å²) in [4.78, 5) is 13.9. The molecule has 0 aliphatic carbocycles. The van der Waals surface area contributed by atoms with Crippen molar-refractivity contribution < 1.29 is 23.4 Å². The molecule has 1 unspecified atom stereocenters. The van der Waals surface area contributed by atoms with Crippen LogP contribution in [0.5, 0.6) is 5.75 Å². The zero-order valence-electron chi connectivity index (χ0n) is 17.7. The lowest BCUT2D eigenvalue weighted by molar-refractivity contribution is -0.0849. The Hall–Kier alpha value is -1.86. The van der Waals surface area contributed by atoms with Crippen LogP contribution in [0.25, 0.3) is 0 Å². The summed E-state index contributed by atoms with van der Waals surface area (Å²) in [5.74, 6) is 0.505. The molecule has 2 aliphatic heterocycles. The summed E-state index contributed by atoms with van der Waals surface area (Å²) in [7, 11) is 1.60. The van der Waals surface area contributed by atoms with Gasteiger partial charge in [0.25, 0.3) is 0 Å². The Morgan fingerprint density at radius 2 is 2.10 bits per heavy atom. The molecular weight excluding hydrogens is 375 g/mol. The molecule has 0 saturated carbocycles. The van der Waals surface area contributed by atoms with E-state index in [1.54, 1.807) is 19.2 Å². The van der Waals surface area contributed by atoms with Crippen LogP contribution >= 0.6 is 0 Å². The molecule has 0 radical (unpaired) electrons. The second-order valence-corrected chi connectivity index (χ2v) is 8.54. The predicted octanol–water partition coefficient (Wildman–Crippen LogP) is 3.73. The smallest absolute Gasteiger partial charge is 0.407 e. The molecule has 2 aliphatic rings. The number of carbonyl (C=O) groups is 1. The van der Waals surface area contributed by atoms with Crippen LogP contribution in [0.4, 0.5) is 9.18 Å². The van der Waals surface area contributed by atoms with Gasteiger partial charge in [0, 0.05) is 18.7 Å². The number of methoxy groups -OCH3 is 1. The zero-order chi connectivity index (χ0) is 20.9. The molecule has 0 bridgehead atoms. The van der Waals surface area contributed by atoms with Gasteiger partial charge in [-0.2, -0.15) is 0 Å². The summed E-state index contributed by atoms with van der Waals surface area (Å²) in [6.45, 7) is 7.34. The van der Waals surface area contributed by atoms with Crippen molar-refractivity contribution in [2.75, 3.05) is 33.4 Å². The summed E-state index contributed by atoms with van der Waals surface area (Å²) < 4.78 is 30.5. The molecule has 1 atom stereocenters. The molecule has 6 nitrogen and oxygen atoms in total. The SMILES string of the molecule is COc1ccc(F)c(CN2CCC3(CCC(CNC(=O)OC(C)C)OC3)CC2)c1. The van der Waals surface area contributed by atoms with E-state index in [9.17, 15) is 9.18 Å². The number of halogens is 1. The van der Waals surface area contributed by atoms with Crippen molar-refractivity contribution in [3.05, 3.63) is 29.6 Å². The highest BCUT2D eigenvalue weighted by Gasteiger charge is 2.39. The number of rotatable bonds is 6. The number of benzene rings is 1. The summed E-state index contributed by atoms with van der Waals surface area (Å²) >= 11 is 0. The standard InChI is InChI=1S/C22H33FN2O4/c1-16(2)29-21(26)24-13-19-6-7-22(15-28-19)8-10-25(11-9-22)14-17-12-18(27-3)4-5-20(17)23/h4-5,12,16,19H,6-11,13-15H2,1-3H3,(H,24,26). The number of alkyl carbamates (subject to hydrolysis) is 1. The number of piperidine rings is 1. The van der Waals surface area contributed by atoms with Crippen molar-refractivity contribution in [3.63, 3.8) is 0 Å². The Morgan fingerprint density at radius 3 is 2.72 bits per heavy atom. The van der Waals surface area contributed by atoms with Gasteiger partial charge in [0.1, 0.15) is 11.6 Å². The monoisotopic (exact) mass is 408 g/mol. The number of hydrogen-bond acceptors (Lipinski definition) is 5. The van der Waals surface area contributed by atoms with Gasteiger partial charge < -0.3 is 19.5 Å². The molecule has 0 aromatic heterocycles. The second kappa shape index (κ2) is 9.76. The van der Waals surface area contributed by atoms with Crippen molar-refractivity contribution in [2.24, 2.45) is 5.41 Å². The van der Waals surface area contributed by atoms with Gasteiger partial charge in [-0.05, 0) is 76.2 Å². The number of likely N-dealkylation sites (tertiary alicyclic amines) is 1. The van der Waals surface area contributed by atoms with Gasteiger partial charge in [-0.15, -0.1) is 0 Å². The lowest BCUT2D eigenvalue weighted by Gasteiger charge is -2.45. The minimum Gasteiger partial charge on any atom is -0.497 e. The third kappa shape index (κ3) is 6.06. The third-order valence-electron chi connectivity index (χ3n) is 6.00. The fraction of sp³-hybridized carbons (Fsp3) is 0.682. The first-order valence-corrected chi connectivity index (χ1v) is 10.5. The topological polar surface area (TPSA) is 60.0 Å². The van der Waals surface area contributed by atoms with E-state index in [0.717, 1.165) is 45.4 Å². The lowest BCUT2D eigenvalue weighted by Crippen LogP contribution is -2.47. The van der Waals surface area contributed by atoms with Crippen LogP contribution in [0.3, 0.4) is 0 Å². The maximum Gasteiger partial charge on any atom is 0.407 e. The highest BCUT2D eigenvalue weighted by atomic mass is 19.1. The van der Waals surface area contributed by atoms with E-state index in [1.807, 2.05) is 13.8 Å². The fourth-order valence-corrected chi connectivity index (χ4v) is 4.15. The van der Waals surface area contributed by atoms with Crippen molar-refractivity contribution in [1.82, 2.24) is 10.2 Å². The second-order valence-electron chi connectivity index (χ2n) is 8.54. The first kappa shape index (κ1) is 21.8. The van der Waals surface area contributed by atoms with Crippen LogP contribution < -0.4 is 10.1 Å². The van der Waals surface area contributed by atoms with Crippen LogP contribution in [-0.2, 0) is 16.0 Å². The van der Waals surface area contributed by atoms with E-state index in [4.69, 9.17) is 14.2 Å². The average Bonchev–Trinajstić information content (AvgIpc) is 2.70. The van der Waals surface area contributed by atoms with Crippen molar-refractivity contribution in [2.45, 2.75) is 58.3 Å². The van der Waals surface area contributed by atoms with Gasteiger partial charge in [-0.3, -0.25) is 4.90 Å². The van der Waals surface area contributed by atoms with E-state index < -0.39 is 0 Å². The molecule has 2 saturated heterocycles. The Balaban J connectivity index is 1.42. The highest BCUT2D eigenvalue weighted by Crippen LogP contribution is 2.40. The summed E-state index contributed by atoms with van der Waals surface area (Å²) in [5, 5.41) is 2.78. The third-order valence-corrected chi connectivity index (χ3v) is 6.00. The van der Waals surface area contributed by atoms with Crippen LogP contribution in [0, 0.1) is 11.2 Å². The minimum absolute atomic E-state index is 0.0456. The molecule has 162 valence electrons. The molecule has 1 aromatic carbocycles. The highest BCUT2D eigenvalue weighted by molar-refractivity contribution is 5.67. The van der Waals surface area contributed by atoms with E-state index in [0.29, 0.717) is 24.4 Å². The lowest BCUT2D eigenvalue weighted by atomic mass is 9.73.